The minimum absolute atomic E-state index is 0. The van der Waals surface area contributed by atoms with Crippen molar-refractivity contribution in [3.63, 3.8) is 0 Å². The van der Waals surface area contributed by atoms with Gasteiger partial charge in [0.2, 0.25) is 0 Å². The molecule has 1 rings (SSSR count). The van der Waals surface area contributed by atoms with Crippen LogP contribution in [0.4, 0.5) is 0 Å². The summed E-state index contributed by atoms with van der Waals surface area (Å²) in [7, 11) is 1.78. The molecule has 0 aromatic heterocycles. The molecule has 11 heavy (non-hydrogen) atoms. The van der Waals surface area contributed by atoms with E-state index in [2.05, 4.69) is 10.5 Å². The Balaban J connectivity index is 0.000001000. The third-order valence-electron chi connectivity index (χ3n) is 1.14. The first-order valence-electron chi connectivity index (χ1n) is 3.18. The molecule has 1 aromatic carbocycles. The summed E-state index contributed by atoms with van der Waals surface area (Å²) in [6.07, 6.45) is 1.78. The Morgan fingerprint density at radius 2 is 1.91 bits per heavy atom. The molecule has 0 heterocycles. The second-order valence-electron chi connectivity index (χ2n) is 1.89. The molecule has 0 fully saturated rings. The van der Waals surface area contributed by atoms with E-state index in [-0.39, 0.29) is 12.4 Å². The van der Waals surface area contributed by atoms with Crippen molar-refractivity contribution in [2.75, 3.05) is 7.05 Å². The van der Waals surface area contributed by atoms with Gasteiger partial charge in [-0.15, -0.1) is 12.4 Å². The fourth-order valence-electron chi connectivity index (χ4n) is 0.678. The molecular weight excluding hydrogens is 160 g/mol. The standard InChI is InChI=1S/C8H10N2.ClH/c1-9-10-7-8-5-3-2-4-6-8;/h2-7,9H,1H3;1H/b10-7+;. The average Bonchev–Trinajstić information content (AvgIpc) is 2.03. The van der Waals surface area contributed by atoms with Gasteiger partial charge < -0.3 is 5.43 Å². The molecule has 0 unspecified atom stereocenters. The van der Waals surface area contributed by atoms with Gasteiger partial charge in [-0.3, -0.25) is 0 Å². The number of halogens is 1. The molecule has 1 N–H and O–H groups in total. The van der Waals surface area contributed by atoms with Crippen LogP contribution in [0, 0.1) is 0 Å². The molecule has 1 aromatic rings. The maximum atomic E-state index is 3.87. The fraction of sp³-hybridized carbons (Fsp3) is 0.125. The largest absolute Gasteiger partial charge is 0.313 e. The summed E-state index contributed by atoms with van der Waals surface area (Å²) in [6.45, 7) is 0. The summed E-state index contributed by atoms with van der Waals surface area (Å²) in [6, 6.07) is 9.95. The number of rotatable bonds is 2. The molecular formula is C8H11ClN2. The van der Waals surface area contributed by atoms with E-state index >= 15 is 0 Å². The minimum atomic E-state index is 0. The molecule has 0 saturated carbocycles. The van der Waals surface area contributed by atoms with Crippen LogP contribution < -0.4 is 5.43 Å². The summed E-state index contributed by atoms with van der Waals surface area (Å²) in [5.74, 6) is 0. The Bertz CT molecular complexity index is 209. The molecule has 2 nitrogen and oxygen atoms in total. The van der Waals surface area contributed by atoms with Gasteiger partial charge in [-0.25, -0.2) is 0 Å². The molecule has 60 valence electrons. The first-order valence-corrected chi connectivity index (χ1v) is 3.18. The van der Waals surface area contributed by atoms with Gasteiger partial charge in [0.05, 0.1) is 6.21 Å². The SMILES string of the molecule is CN/N=C/c1ccccc1.Cl. The Morgan fingerprint density at radius 1 is 1.27 bits per heavy atom. The highest BCUT2D eigenvalue weighted by atomic mass is 35.5. The number of benzene rings is 1. The number of nitrogens with zero attached hydrogens (tertiary/aromatic N) is 1. The van der Waals surface area contributed by atoms with Gasteiger partial charge in [0, 0.05) is 7.05 Å². The van der Waals surface area contributed by atoms with Crippen LogP contribution in [0.1, 0.15) is 5.56 Å². The predicted molar refractivity (Wildman–Crippen MR) is 50.3 cm³/mol. The highest BCUT2D eigenvalue weighted by Gasteiger charge is 1.80. The number of hydrazone groups is 1. The van der Waals surface area contributed by atoms with Gasteiger partial charge in [-0.2, -0.15) is 5.10 Å². The summed E-state index contributed by atoms with van der Waals surface area (Å²) in [4.78, 5) is 0. The lowest BCUT2D eigenvalue weighted by molar-refractivity contribution is 0.908. The molecule has 0 amide bonds. The van der Waals surface area contributed by atoms with Crippen molar-refractivity contribution in [2.24, 2.45) is 5.10 Å². The van der Waals surface area contributed by atoms with Crippen molar-refractivity contribution < 1.29 is 0 Å². The van der Waals surface area contributed by atoms with Gasteiger partial charge in [0.1, 0.15) is 0 Å². The first kappa shape index (κ1) is 9.98. The highest BCUT2D eigenvalue weighted by molar-refractivity contribution is 5.85. The Kier molecular flexibility index (Phi) is 5.21. The number of nitrogens with one attached hydrogen (secondary N) is 1. The van der Waals surface area contributed by atoms with Crippen LogP contribution in [0.15, 0.2) is 35.4 Å². The molecule has 0 aliphatic rings. The van der Waals surface area contributed by atoms with E-state index < -0.39 is 0 Å². The van der Waals surface area contributed by atoms with E-state index in [0.717, 1.165) is 5.56 Å². The summed E-state index contributed by atoms with van der Waals surface area (Å²) in [5, 5.41) is 3.87. The molecule has 0 saturated heterocycles. The summed E-state index contributed by atoms with van der Waals surface area (Å²) < 4.78 is 0. The molecule has 0 atom stereocenters. The van der Waals surface area contributed by atoms with Crippen LogP contribution in [-0.4, -0.2) is 13.3 Å². The smallest absolute Gasteiger partial charge is 0.0540 e. The second-order valence-corrected chi connectivity index (χ2v) is 1.89. The molecule has 0 bridgehead atoms. The van der Waals surface area contributed by atoms with Crippen molar-refractivity contribution in [1.29, 1.82) is 0 Å². The van der Waals surface area contributed by atoms with Crippen LogP contribution >= 0.6 is 12.4 Å². The molecule has 0 spiro atoms. The quantitative estimate of drug-likeness (QED) is 0.530. The van der Waals surface area contributed by atoms with Crippen LogP contribution in [0.25, 0.3) is 0 Å². The topological polar surface area (TPSA) is 24.4 Å². The van der Waals surface area contributed by atoms with Crippen LogP contribution in [0.3, 0.4) is 0 Å². The number of hydrogen-bond acceptors (Lipinski definition) is 2. The Hall–Kier alpha value is -1.02. The van der Waals surface area contributed by atoms with Crippen molar-refractivity contribution in [3.8, 4) is 0 Å². The zero-order chi connectivity index (χ0) is 7.23. The molecule has 0 aliphatic heterocycles. The van der Waals surface area contributed by atoms with Crippen LogP contribution in [-0.2, 0) is 0 Å². The van der Waals surface area contributed by atoms with E-state index in [0.29, 0.717) is 0 Å². The van der Waals surface area contributed by atoms with Gasteiger partial charge in [0.15, 0.2) is 0 Å². The summed E-state index contributed by atoms with van der Waals surface area (Å²) in [5.41, 5.74) is 3.79. The van der Waals surface area contributed by atoms with Crippen molar-refractivity contribution in [1.82, 2.24) is 5.43 Å². The van der Waals surface area contributed by atoms with E-state index in [1.807, 2.05) is 30.3 Å². The predicted octanol–water partition coefficient (Wildman–Crippen LogP) is 1.66. The normalized spacial score (nSPS) is 9.18. The van der Waals surface area contributed by atoms with E-state index in [1.165, 1.54) is 0 Å². The monoisotopic (exact) mass is 170 g/mol. The zero-order valence-corrected chi connectivity index (χ0v) is 7.14. The maximum Gasteiger partial charge on any atom is 0.0540 e. The third-order valence-corrected chi connectivity index (χ3v) is 1.14. The lowest BCUT2D eigenvalue weighted by Crippen LogP contribution is -1.94. The minimum Gasteiger partial charge on any atom is -0.313 e. The van der Waals surface area contributed by atoms with Crippen molar-refractivity contribution in [2.45, 2.75) is 0 Å². The van der Waals surface area contributed by atoms with E-state index in [4.69, 9.17) is 0 Å². The summed E-state index contributed by atoms with van der Waals surface area (Å²) >= 11 is 0. The number of hydrogen-bond donors (Lipinski definition) is 1. The van der Waals surface area contributed by atoms with E-state index in [1.54, 1.807) is 13.3 Å². The molecule has 3 heteroatoms. The van der Waals surface area contributed by atoms with Gasteiger partial charge >= 0.3 is 0 Å². The molecule has 0 radical (unpaired) electrons. The van der Waals surface area contributed by atoms with Crippen LogP contribution in [0.5, 0.6) is 0 Å². The Morgan fingerprint density at radius 3 is 2.45 bits per heavy atom. The third kappa shape index (κ3) is 3.63. The van der Waals surface area contributed by atoms with Gasteiger partial charge in [0.25, 0.3) is 0 Å². The Labute approximate surface area is 72.7 Å². The lowest BCUT2D eigenvalue weighted by atomic mass is 10.2. The highest BCUT2D eigenvalue weighted by Crippen LogP contribution is 1.92. The first-order chi connectivity index (χ1) is 4.93. The second kappa shape index (κ2) is 5.74. The van der Waals surface area contributed by atoms with Gasteiger partial charge in [-0.05, 0) is 5.56 Å². The maximum absolute atomic E-state index is 3.87. The van der Waals surface area contributed by atoms with Gasteiger partial charge in [-0.1, -0.05) is 30.3 Å². The van der Waals surface area contributed by atoms with E-state index in [9.17, 15) is 0 Å². The van der Waals surface area contributed by atoms with Crippen molar-refractivity contribution >= 4 is 18.6 Å². The molecule has 0 aliphatic carbocycles. The van der Waals surface area contributed by atoms with Crippen molar-refractivity contribution in [3.05, 3.63) is 35.9 Å². The van der Waals surface area contributed by atoms with Crippen LogP contribution in [0.2, 0.25) is 0 Å². The fourth-order valence-corrected chi connectivity index (χ4v) is 0.678. The average molecular weight is 171 g/mol. The zero-order valence-electron chi connectivity index (χ0n) is 6.32. The lowest BCUT2D eigenvalue weighted by Gasteiger charge is -1.88.